The Morgan fingerprint density at radius 1 is 1.33 bits per heavy atom. The molecule has 0 radical (unpaired) electrons. The molecule has 0 aliphatic heterocycles. The van der Waals surface area contributed by atoms with E-state index in [1.54, 1.807) is 0 Å². The van der Waals surface area contributed by atoms with E-state index in [0.29, 0.717) is 0 Å². The van der Waals surface area contributed by atoms with Crippen LogP contribution in [0.3, 0.4) is 0 Å². The summed E-state index contributed by atoms with van der Waals surface area (Å²) in [6.07, 6.45) is 2.17. The highest BCUT2D eigenvalue weighted by Crippen LogP contribution is 2.26. The van der Waals surface area contributed by atoms with Crippen molar-refractivity contribution < 1.29 is 5.11 Å². The molecular weight excluding hydrogens is 284 g/mol. The van der Waals surface area contributed by atoms with Gasteiger partial charge in [-0.2, -0.15) is 0 Å². The summed E-state index contributed by atoms with van der Waals surface area (Å²) >= 11 is 6.14. The average molecular weight is 309 g/mol. The van der Waals surface area contributed by atoms with E-state index in [4.69, 9.17) is 11.6 Å². The van der Waals surface area contributed by atoms with Gasteiger partial charge in [0.1, 0.15) is 0 Å². The second kappa shape index (κ2) is 6.39. The van der Waals surface area contributed by atoms with Gasteiger partial charge in [0.2, 0.25) is 0 Å². The normalized spacial score (nSPS) is 13.8. The molecule has 116 valence electrons. The van der Waals surface area contributed by atoms with Gasteiger partial charge in [0.15, 0.2) is 0 Å². The van der Waals surface area contributed by atoms with Gasteiger partial charge >= 0.3 is 0 Å². The summed E-state index contributed by atoms with van der Waals surface area (Å²) in [5.41, 5.74) is 2.48. The van der Waals surface area contributed by atoms with Crippen molar-refractivity contribution in [2.45, 2.75) is 46.3 Å². The number of hydrogen-bond donors (Lipinski definition) is 2. The predicted molar refractivity (Wildman–Crippen MR) is 89.8 cm³/mol. The summed E-state index contributed by atoms with van der Waals surface area (Å²) in [5, 5.41) is 14.8. The van der Waals surface area contributed by atoms with Gasteiger partial charge in [0, 0.05) is 47.4 Å². The fraction of sp³-hybridized carbons (Fsp3) is 0.529. The van der Waals surface area contributed by atoms with Gasteiger partial charge in [-0.3, -0.25) is 0 Å². The van der Waals surface area contributed by atoms with Crippen molar-refractivity contribution in [2.75, 3.05) is 6.61 Å². The molecule has 0 fully saturated rings. The second-order valence-electron chi connectivity index (χ2n) is 6.86. The van der Waals surface area contributed by atoms with Crippen molar-refractivity contribution in [3.63, 3.8) is 0 Å². The first-order chi connectivity index (χ1) is 9.80. The zero-order valence-corrected chi connectivity index (χ0v) is 14.0. The highest BCUT2D eigenvalue weighted by atomic mass is 35.5. The molecule has 0 saturated carbocycles. The monoisotopic (exact) mass is 308 g/mol. The number of rotatable bonds is 5. The van der Waals surface area contributed by atoms with Gasteiger partial charge in [-0.15, -0.1) is 0 Å². The third-order valence-corrected chi connectivity index (χ3v) is 3.79. The molecule has 0 amide bonds. The van der Waals surface area contributed by atoms with Crippen LogP contribution in [0, 0.1) is 5.92 Å². The van der Waals surface area contributed by atoms with Crippen molar-refractivity contribution in [1.29, 1.82) is 0 Å². The average Bonchev–Trinajstić information content (AvgIpc) is 2.73. The molecule has 4 heteroatoms. The number of aliphatic hydroxyl groups excluding tert-OH is 1. The number of aliphatic hydroxyl groups is 1. The predicted octanol–water partition coefficient (Wildman–Crippen LogP) is 3.81. The lowest BCUT2D eigenvalue weighted by Crippen LogP contribution is -2.35. The number of halogens is 1. The number of aromatic nitrogens is 1. The van der Waals surface area contributed by atoms with Crippen LogP contribution in [0.4, 0.5) is 0 Å². The fourth-order valence-corrected chi connectivity index (χ4v) is 2.55. The Bertz CT molecular complexity index is 613. The molecule has 2 aromatic rings. The standard InChI is InChI=1S/C17H25ClN2O/c1-12(11-21)9-20-10-13(8-19-17(2,3)4)15-6-5-14(18)7-16(15)20/h5-7,10,12,19,21H,8-9,11H2,1-4H3. The molecule has 1 heterocycles. The lowest BCUT2D eigenvalue weighted by Gasteiger charge is -2.20. The number of nitrogens with zero attached hydrogens (tertiary/aromatic N) is 1. The summed E-state index contributed by atoms with van der Waals surface area (Å²) < 4.78 is 2.20. The summed E-state index contributed by atoms with van der Waals surface area (Å²) in [6, 6.07) is 6.02. The molecule has 0 saturated heterocycles. The van der Waals surface area contributed by atoms with Crippen LogP contribution < -0.4 is 5.32 Å². The van der Waals surface area contributed by atoms with Crippen LogP contribution in [0.1, 0.15) is 33.3 Å². The maximum absolute atomic E-state index is 9.29. The van der Waals surface area contributed by atoms with Crippen LogP contribution >= 0.6 is 11.6 Å². The van der Waals surface area contributed by atoms with Gasteiger partial charge in [-0.25, -0.2) is 0 Å². The van der Waals surface area contributed by atoms with Gasteiger partial charge < -0.3 is 15.0 Å². The third-order valence-electron chi connectivity index (χ3n) is 3.56. The second-order valence-corrected chi connectivity index (χ2v) is 7.30. The smallest absolute Gasteiger partial charge is 0.0498 e. The quantitative estimate of drug-likeness (QED) is 0.881. The Balaban J connectivity index is 2.37. The van der Waals surface area contributed by atoms with Gasteiger partial charge in [-0.05, 0) is 44.4 Å². The van der Waals surface area contributed by atoms with Gasteiger partial charge in [-0.1, -0.05) is 24.6 Å². The molecule has 2 rings (SSSR count). The van der Waals surface area contributed by atoms with Gasteiger partial charge in [0.05, 0.1) is 0 Å². The summed E-state index contributed by atoms with van der Waals surface area (Å²) in [5.74, 6) is 0.225. The van der Waals surface area contributed by atoms with Crippen molar-refractivity contribution >= 4 is 22.5 Å². The Kier molecular flexibility index (Phi) is 4.97. The van der Waals surface area contributed by atoms with Crippen LogP contribution in [-0.4, -0.2) is 21.8 Å². The lowest BCUT2D eigenvalue weighted by molar-refractivity contribution is 0.224. The Morgan fingerprint density at radius 2 is 2.05 bits per heavy atom. The molecule has 1 unspecified atom stereocenters. The van der Waals surface area contributed by atoms with Crippen LogP contribution in [0.25, 0.3) is 10.9 Å². The maximum Gasteiger partial charge on any atom is 0.0498 e. The molecule has 2 N–H and O–H groups in total. The first kappa shape index (κ1) is 16.3. The SMILES string of the molecule is CC(CO)Cn1cc(CNC(C)(C)C)c2ccc(Cl)cc21. The molecule has 0 bridgehead atoms. The Morgan fingerprint density at radius 3 is 2.67 bits per heavy atom. The molecule has 0 aliphatic carbocycles. The van der Waals surface area contributed by atoms with Crippen LogP contribution in [0.2, 0.25) is 5.02 Å². The highest BCUT2D eigenvalue weighted by molar-refractivity contribution is 6.31. The highest BCUT2D eigenvalue weighted by Gasteiger charge is 2.14. The van der Waals surface area contributed by atoms with Crippen LogP contribution in [0.15, 0.2) is 24.4 Å². The minimum absolute atomic E-state index is 0.0826. The third kappa shape index (κ3) is 4.22. The zero-order valence-electron chi connectivity index (χ0n) is 13.3. The minimum atomic E-state index is 0.0826. The topological polar surface area (TPSA) is 37.2 Å². The first-order valence-electron chi connectivity index (χ1n) is 7.43. The lowest BCUT2D eigenvalue weighted by atomic mass is 10.1. The van der Waals surface area contributed by atoms with Crippen molar-refractivity contribution in [1.82, 2.24) is 9.88 Å². The van der Waals surface area contributed by atoms with Crippen LogP contribution in [-0.2, 0) is 13.1 Å². The van der Waals surface area contributed by atoms with E-state index < -0.39 is 0 Å². The molecule has 3 nitrogen and oxygen atoms in total. The van der Waals surface area contributed by atoms with Crippen molar-refractivity contribution in [2.24, 2.45) is 5.92 Å². The molecule has 0 spiro atoms. The number of nitrogens with one attached hydrogen (secondary N) is 1. The fourth-order valence-electron chi connectivity index (χ4n) is 2.39. The van der Waals surface area contributed by atoms with Crippen molar-refractivity contribution in [3.05, 3.63) is 35.0 Å². The van der Waals surface area contributed by atoms with E-state index in [1.807, 2.05) is 19.1 Å². The summed E-state index contributed by atoms with van der Waals surface area (Å²) in [6.45, 7) is 10.3. The zero-order chi connectivity index (χ0) is 15.6. The molecule has 1 aromatic carbocycles. The van der Waals surface area contributed by atoms with E-state index in [2.05, 4.69) is 42.9 Å². The molecular formula is C17H25ClN2O. The van der Waals surface area contributed by atoms with E-state index in [1.165, 1.54) is 10.9 Å². The first-order valence-corrected chi connectivity index (χ1v) is 7.81. The molecule has 1 aromatic heterocycles. The number of benzene rings is 1. The van der Waals surface area contributed by atoms with E-state index in [-0.39, 0.29) is 18.1 Å². The molecule has 21 heavy (non-hydrogen) atoms. The Labute approximate surface area is 131 Å². The van der Waals surface area contributed by atoms with Crippen LogP contribution in [0.5, 0.6) is 0 Å². The number of hydrogen-bond acceptors (Lipinski definition) is 2. The van der Waals surface area contributed by atoms with Gasteiger partial charge in [0.25, 0.3) is 0 Å². The summed E-state index contributed by atoms with van der Waals surface area (Å²) in [4.78, 5) is 0. The van der Waals surface area contributed by atoms with E-state index in [0.717, 1.165) is 23.6 Å². The van der Waals surface area contributed by atoms with E-state index in [9.17, 15) is 5.11 Å². The maximum atomic E-state index is 9.29. The minimum Gasteiger partial charge on any atom is -0.396 e. The summed E-state index contributed by atoms with van der Waals surface area (Å²) in [7, 11) is 0. The molecule has 1 atom stereocenters. The largest absolute Gasteiger partial charge is 0.396 e. The van der Waals surface area contributed by atoms with Crippen molar-refractivity contribution in [3.8, 4) is 0 Å². The Hall–Kier alpha value is -1.03. The molecule has 0 aliphatic rings. The van der Waals surface area contributed by atoms with E-state index >= 15 is 0 Å². The number of fused-ring (bicyclic) bond motifs is 1.